The molecular weight excluding hydrogens is 504 g/mol. The second-order valence-corrected chi connectivity index (χ2v) is 8.97. The normalized spacial score (nSPS) is 10.9. The molecule has 198 valence electrons. The minimum absolute atomic E-state index is 0.0739. The third kappa shape index (κ3) is 5.37. The Hall–Kier alpha value is -5.50. The Kier molecular flexibility index (Phi) is 7.50. The van der Waals surface area contributed by atoms with Gasteiger partial charge in [-0.2, -0.15) is 0 Å². The minimum Gasteiger partial charge on any atom is -0.505 e. The molecule has 8 nitrogen and oxygen atoms in total. The number of azo groups is 1. The van der Waals surface area contributed by atoms with E-state index in [1.54, 1.807) is 67.6 Å². The number of ether oxygens (including phenoxy) is 1. The number of fused-ring (bicyclic) bond motifs is 1. The molecule has 5 aromatic carbocycles. The van der Waals surface area contributed by atoms with Crippen LogP contribution in [0.4, 0.5) is 22.7 Å². The van der Waals surface area contributed by atoms with Crippen molar-refractivity contribution < 1.29 is 19.4 Å². The van der Waals surface area contributed by atoms with Crippen LogP contribution in [-0.4, -0.2) is 24.0 Å². The first-order valence-electron chi connectivity index (χ1n) is 12.5. The van der Waals surface area contributed by atoms with Gasteiger partial charge in [0, 0.05) is 22.2 Å². The number of hydrogen-bond donors (Lipinski definition) is 3. The van der Waals surface area contributed by atoms with Crippen molar-refractivity contribution in [2.24, 2.45) is 10.2 Å². The number of benzene rings is 5. The van der Waals surface area contributed by atoms with Gasteiger partial charge in [0.2, 0.25) is 0 Å². The van der Waals surface area contributed by atoms with E-state index in [4.69, 9.17) is 4.74 Å². The van der Waals surface area contributed by atoms with Gasteiger partial charge in [-0.15, -0.1) is 10.2 Å². The lowest BCUT2D eigenvalue weighted by Gasteiger charge is -2.14. The molecule has 0 aliphatic rings. The fourth-order valence-corrected chi connectivity index (χ4v) is 4.35. The molecule has 0 saturated carbocycles. The Morgan fingerprint density at radius 2 is 1.45 bits per heavy atom. The fraction of sp³-hybridized carbons (Fsp3) is 0.0625. The van der Waals surface area contributed by atoms with Gasteiger partial charge in [0.15, 0.2) is 5.75 Å². The number of aromatic hydroxyl groups is 1. The number of phenolic OH excluding ortho intramolecular Hbond substituents is 1. The average Bonchev–Trinajstić information content (AvgIpc) is 2.98. The Morgan fingerprint density at radius 1 is 0.775 bits per heavy atom. The van der Waals surface area contributed by atoms with Crippen LogP contribution in [0.1, 0.15) is 26.3 Å². The summed E-state index contributed by atoms with van der Waals surface area (Å²) in [4.78, 5) is 25.8. The van der Waals surface area contributed by atoms with E-state index in [1.165, 1.54) is 7.11 Å². The number of carbonyl (C=O) groups is 2. The molecule has 5 aromatic rings. The first-order valence-corrected chi connectivity index (χ1v) is 12.5. The molecular formula is C32H26N4O4. The number of hydrogen-bond acceptors (Lipinski definition) is 6. The Labute approximate surface area is 231 Å². The second kappa shape index (κ2) is 11.5. The first kappa shape index (κ1) is 26.1. The molecule has 0 aliphatic carbocycles. The van der Waals surface area contributed by atoms with E-state index < -0.39 is 5.91 Å². The summed E-state index contributed by atoms with van der Waals surface area (Å²) in [7, 11) is 1.51. The molecule has 8 heteroatoms. The summed E-state index contributed by atoms with van der Waals surface area (Å²) >= 11 is 0. The second-order valence-electron chi connectivity index (χ2n) is 8.97. The van der Waals surface area contributed by atoms with E-state index in [1.807, 2.05) is 42.5 Å². The van der Waals surface area contributed by atoms with Crippen molar-refractivity contribution in [2.75, 3.05) is 17.7 Å². The zero-order valence-corrected chi connectivity index (χ0v) is 21.9. The van der Waals surface area contributed by atoms with Crippen LogP contribution in [0.5, 0.6) is 11.5 Å². The van der Waals surface area contributed by atoms with Gasteiger partial charge in [0.1, 0.15) is 11.4 Å². The Morgan fingerprint density at radius 3 is 2.17 bits per heavy atom. The van der Waals surface area contributed by atoms with Crippen LogP contribution in [0, 0.1) is 6.92 Å². The summed E-state index contributed by atoms with van der Waals surface area (Å²) in [5.41, 5.74) is 2.95. The summed E-state index contributed by atoms with van der Waals surface area (Å²) < 4.78 is 5.59. The van der Waals surface area contributed by atoms with Crippen molar-refractivity contribution in [1.29, 1.82) is 0 Å². The van der Waals surface area contributed by atoms with Gasteiger partial charge >= 0.3 is 0 Å². The lowest BCUT2D eigenvalue weighted by molar-refractivity contribution is 0.101. The number of methoxy groups -OCH3 is 1. The molecule has 2 amide bonds. The molecule has 0 heterocycles. The molecule has 0 saturated heterocycles. The van der Waals surface area contributed by atoms with Crippen molar-refractivity contribution >= 4 is 45.3 Å². The maximum absolute atomic E-state index is 13.1. The molecule has 40 heavy (non-hydrogen) atoms. The van der Waals surface area contributed by atoms with Crippen molar-refractivity contribution in [2.45, 2.75) is 6.92 Å². The number of para-hydroxylation sites is 1. The lowest BCUT2D eigenvalue weighted by atomic mass is 10.0. The van der Waals surface area contributed by atoms with Gasteiger partial charge in [-0.1, -0.05) is 60.7 Å². The molecule has 0 spiro atoms. The predicted octanol–water partition coefficient (Wildman–Crippen LogP) is 7.78. The molecule has 0 unspecified atom stereocenters. The summed E-state index contributed by atoms with van der Waals surface area (Å²) in [6.07, 6.45) is 0. The molecule has 3 N–H and O–H groups in total. The summed E-state index contributed by atoms with van der Waals surface area (Å²) in [6, 6.07) is 30.2. The quantitative estimate of drug-likeness (QED) is 0.186. The van der Waals surface area contributed by atoms with E-state index in [0.29, 0.717) is 39.3 Å². The van der Waals surface area contributed by atoms with Crippen molar-refractivity contribution in [3.05, 3.63) is 120 Å². The standard InChI is InChI=1S/C32H26N4O4/c1-20-26(17-18-27(30(20)40-2)34-31(38)21-11-5-3-6-12-21)35-36-28-24-16-10-9-13-22(24)19-25(29(28)37)32(39)33-23-14-7-4-8-15-23/h3-19,37H,1-2H3,(H,33,39)(H,34,38). The molecule has 0 fully saturated rings. The first-order chi connectivity index (χ1) is 19.5. The van der Waals surface area contributed by atoms with Crippen molar-refractivity contribution in [3.63, 3.8) is 0 Å². The number of rotatable bonds is 7. The van der Waals surface area contributed by atoms with Gasteiger partial charge in [-0.05, 0) is 54.8 Å². The van der Waals surface area contributed by atoms with Crippen molar-refractivity contribution in [1.82, 2.24) is 0 Å². The maximum Gasteiger partial charge on any atom is 0.259 e. The zero-order chi connectivity index (χ0) is 28.1. The number of nitrogens with zero attached hydrogens (tertiary/aromatic N) is 2. The molecule has 5 rings (SSSR count). The average molecular weight is 531 g/mol. The molecule has 0 radical (unpaired) electrons. The van der Waals surface area contributed by atoms with Gasteiger partial charge in [0.25, 0.3) is 11.8 Å². The molecule has 0 aromatic heterocycles. The minimum atomic E-state index is -0.470. The SMILES string of the molecule is COc1c(NC(=O)c2ccccc2)ccc(N=Nc2c(O)c(C(=O)Nc3ccccc3)cc3ccccc23)c1C. The monoisotopic (exact) mass is 530 g/mol. The van der Waals surface area contributed by atoms with Crippen molar-refractivity contribution in [3.8, 4) is 11.5 Å². The van der Waals surface area contributed by atoms with Gasteiger partial charge in [-0.3, -0.25) is 9.59 Å². The maximum atomic E-state index is 13.1. The highest BCUT2D eigenvalue weighted by molar-refractivity contribution is 6.11. The smallest absolute Gasteiger partial charge is 0.259 e. The number of anilines is 2. The van der Waals surface area contributed by atoms with E-state index >= 15 is 0 Å². The van der Waals surface area contributed by atoms with Gasteiger partial charge < -0.3 is 20.5 Å². The summed E-state index contributed by atoms with van der Waals surface area (Å²) in [6.45, 7) is 1.80. The van der Waals surface area contributed by atoms with Gasteiger partial charge in [0.05, 0.1) is 24.0 Å². The van der Waals surface area contributed by atoms with E-state index in [0.717, 1.165) is 5.39 Å². The van der Waals surface area contributed by atoms with Crippen LogP contribution >= 0.6 is 0 Å². The van der Waals surface area contributed by atoms with Crippen LogP contribution in [0.2, 0.25) is 0 Å². The summed E-state index contributed by atoms with van der Waals surface area (Å²) in [5, 5.41) is 27.0. The van der Waals surface area contributed by atoms with Crippen LogP contribution in [0.15, 0.2) is 113 Å². The van der Waals surface area contributed by atoms with Crippen LogP contribution in [0.25, 0.3) is 10.8 Å². The highest BCUT2D eigenvalue weighted by Gasteiger charge is 2.19. The third-order valence-electron chi connectivity index (χ3n) is 6.39. The highest BCUT2D eigenvalue weighted by atomic mass is 16.5. The zero-order valence-electron chi connectivity index (χ0n) is 21.9. The molecule has 0 bridgehead atoms. The Balaban J connectivity index is 1.49. The fourth-order valence-electron chi connectivity index (χ4n) is 4.35. The number of amides is 2. The van der Waals surface area contributed by atoms with E-state index in [2.05, 4.69) is 20.9 Å². The Bertz CT molecular complexity index is 1740. The van der Waals surface area contributed by atoms with Crippen LogP contribution < -0.4 is 15.4 Å². The van der Waals surface area contributed by atoms with Gasteiger partial charge in [-0.25, -0.2) is 0 Å². The molecule has 0 aliphatic heterocycles. The number of carbonyl (C=O) groups excluding carboxylic acids is 2. The third-order valence-corrected chi connectivity index (χ3v) is 6.39. The predicted molar refractivity (Wildman–Crippen MR) is 156 cm³/mol. The number of phenols is 1. The largest absolute Gasteiger partial charge is 0.505 e. The van der Waals surface area contributed by atoms with Crippen LogP contribution in [-0.2, 0) is 0 Å². The summed E-state index contributed by atoms with van der Waals surface area (Å²) in [5.74, 6) is -0.588. The topological polar surface area (TPSA) is 112 Å². The lowest BCUT2D eigenvalue weighted by Crippen LogP contribution is -2.12. The van der Waals surface area contributed by atoms with E-state index in [-0.39, 0.29) is 22.9 Å². The van der Waals surface area contributed by atoms with E-state index in [9.17, 15) is 14.7 Å². The highest BCUT2D eigenvalue weighted by Crippen LogP contribution is 2.41. The van der Waals surface area contributed by atoms with Crippen LogP contribution in [0.3, 0.4) is 0 Å². The number of nitrogens with one attached hydrogen (secondary N) is 2. The molecule has 0 atom stereocenters.